The third kappa shape index (κ3) is 4.06. The minimum Gasteiger partial charge on any atom is -0.334 e. The lowest BCUT2D eigenvalue weighted by Crippen LogP contribution is -2.40. The molecule has 0 atom stereocenters. The van der Waals surface area contributed by atoms with Crippen LogP contribution in [-0.2, 0) is 6.54 Å². The van der Waals surface area contributed by atoms with Crippen molar-refractivity contribution in [3.63, 3.8) is 0 Å². The van der Waals surface area contributed by atoms with Gasteiger partial charge in [0.05, 0.1) is 12.5 Å². The molecule has 0 aliphatic carbocycles. The Morgan fingerprint density at radius 1 is 1.50 bits per heavy atom. The van der Waals surface area contributed by atoms with Crippen molar-refractivity contribution in [1.29, 1.82) is 5.26 Å². The van der Waals surface area contributed by atoms with Gasteiger partial charge in [-0.15, -0.1) is 0 Å². The molecular formula is C13H16FN3O. The zero-order valence-electron chi connectivity index (χ0n) is 10.3. The van der Waals surface area contributed by atoms with Crippen LogP contribution >= 0.6 is 0 Å². The van der Waals surface area contributed by atoms with Crippen LogP contribution < -0.4 is 5.32 Å². The largest absolute Gasteiger partial charge is 0.334 e. The van der Waals surface area contributed by atoms with E-state index in [0.717, 1.165) is 0 Å². The lowest BCUT2D eigenvalue weighted by atomic mass is 10.2. The van der Waals surface area contributed by atoms with Crippen molar-refractivity contribution in [3.8, 4) is 6.07 Å². The fourth-order valence-electron chi connectivity index (χ4n) is 1.51. The lowest BCUT2D eigenvalue weighted by Gasteiger charge is -2.20. The molecule has 0 spiro atoms. The average Bonchev–Trinajstić information content (AvgIpc) is 2.38. The summed E-state index contributed by atoms with van der Waals surface area (Å²) in [6, 6.07) is 8.01. The van der Waals surface area contributed by atoms with Gasteiger partial charge in [0.2, 0.25) is 0 Å². The number of hydrogen-bond donors (Lipinski definition) is 1. The van der Waals surface area contributed by atoms with E-state index in [9.17, 15) is 9.18 Å². The SMILES string of the molecule is CCN(CCC#N)C(=O)NCc1ccccc1F. The lowest BCUT2D eigenvalue weighted by molar-refractivity contribution is 0.201. The van der Waals surface area contributed by atoms with Gasteiger partial charge in [0.25, 0.3) is 0 Å². The van der Waals surface area contributed by atoms with Crippen LogP contribution in [0.2, 0.25) is 0 Å². The molecule has 5 heteroatoms. The Labute approximate surface area is 106 Å². The molecule has 0 heterocycles. The first kappa shape index (κ1) is 14.0. The molecule has 0 aromatic heterocycles. The summed E-state index contributed by atoms with van der Waals surface area (Å²) in [6.45, 7) is 2.88. The molecule has 0 radical (unpaired) electrons. The number of carbonyl (C=O) groups excluding carboxylic acids is 1. The van der Waals surface area contributed by atoms with Crippen molar-refractivity contribution >= 4 is 6.03 Å². The normalized spacial score (nSPS) is 9.61. The number of nitrogens with one attached hydrogen (secondary N) is 1. The second-order valence-electron chi connectivity index (χ2n) is 3.74. The van der Waals surface area contributed by atoms with Crippen molar-refractivity contribution < 1.29 is 9.18 Å². The number of halogens is 1. The summed E-state index contributed by atoms with van der Waals surface area (Å²) in [5, 5.41) is 11.1. The maximum atomic E-state index is 13.3. The van der Waals surface area contributed by atoms with Crippen LogP contribution in [-0.4, -0.2) is 24.0 Å². The van der Waals surface area contributed by atoms with Gasteiger partial charge in [-0.3, -0.25) is 0 Å². The van der Waals surface area contributed by atoms with Crippen molar-refractivity contribution in [2.45, 2.75) is 19.9 Å². The molecule has 0 saturated heterocycles. The van der Waals surface area contributed by atoms with Crippen molar-refractivity contribution in [1.82, 2.24) is 10.2 Å². The molecule has 0 saturated carbocycles. The third-order valence-electron chi connectivity index (χ3n) is 2.55. The molecule has 1 rings (SSSR count). The number of hydrogen-bond acceptors (Lipinski definition) is 2. The molecule has 1 aromatic rings. The zero-order valence-corrected chi connectivity index (χ0v) is 10.3. The first-order chi connectivity index (χ1) is 8.69. The monoisotopic (exact) mass is 249 g/mol. The Bertz CT molecular complexity index is 442. The molecule has 1 N–H and O–H groups in total. The summed E-state index contributed by atoms with van der Waals surface area (Å²) >= 11 is 0. The molecule has 96 valence electrons. The van der Waals surface area contributed by atoms with Gasteiger partial charge >= 0.3 is 6.03 Å². The molecule has 0 aliphatic heterocycles. The first-order valence-corrected chi connectivity index (χ1v) is 5.82. The Balaban J connectivity index is 2.50. The molecule has 4 nitrogen and oxygen atoms in total. The van der Waals surface area contributed by atoms with Gasteiger partial charge in [0.15, 0.2) is 0 Å². The highest BCUT2D eigenvalue weighted by Gasteiger charge is 2.11. The van der Waals surface area contributed by atoms with E-state index in [1.165, 1.54) is 11.0 Å². The van der Waals surface area contributed by atoms with E-state index in [1.54, 1.807) is 18.2 Å². The van der Waals surface area contributed by atoms with E-state index < -0.39 is 0 Å². The van der Waals surface area contributed by atoms with Gasteiger partial charge in [-0.2, -0.15) is 5.26 Å². The smallest absolute Gasteiger partial charge is 0.317 e. The molecule has 2 amide bonds. The van der Waals surface area contributed by atoms with E-state index >= 15 is 0 Å². The van der Waals surface area contributed by atoms with Crippen LogP contribution in [0.4, 0.5) is 9.18 Å². The predicted molar refractivity (Wildman–Crippen MR) is 66.1 cm³/mol. The summed E-state index contributed by atoms with van der Waals surface area (Å²) in [5.41, 5.74) is 0.446. The molecule has 18 heavy (non-hydrogen) atoms. The number of carbonyl (C=O) groups is 1. The van der Waals surface area contributed by atoms with Crippen molar-refractivity contribution in [2.75, 3.05) is 13.1 Å². The number of benzene rings is 1. The van der Waals surface area contributed by atoms with Crippen LogP contribution in [0.15, 0.2) is 24.3 Å². The highest BCUT2D eigenvalue weighted by atomic mass is 19.1. The second-order valence-corrected chi connectivity index (χ2v) is 3.74. The van der Waals surface area contributed by atoms with Crippen LogP contribution in [0, 0.1) is 17.1 Å². The average molecular weight is 249 g/mol. The van der Waals surface area contributed by atoms with Gasteiger partial charge in [-0.25, -0.2) is 9.18 Å². The molecule has 1 aromatic carbocycles. The Morgan fingerprint density at radius 3 is 2.83 bits per heavy atom. The standard InChI is InChI=1S/C13H16FN3O/c1-2-17(9-5-8-15)13(18)16-10-11-6-3-4-7-12(11)14/h3-4,6-7H,2,5,9-10H2,1H3,(H,16,18). The number of amides is 2. The topological polar surface area (TPSA) is 56.1 Å². The highest BCUT2D eigenvalue weighted by Crippen LogP contribution is 2.05. The Kier molecular flexibility index (Phi) is 5.65. The number of nitrogens with zero attached hydrogens (tertiary/aromatic N) is 2. The van der Waals surface area contributed by atoms with Crippen LogP contribution in [0.1, 0.15) is 18.9 Å². The first-order valence-electron chi connectivity index (χ1n) is 5.82. The summed E-state index contributed by atoms with van der Waals surface area (Å²) in [6.07, 6.45) is 0.293. The summed E-state index contributed by atoms with van der Waals surface area (Å²) in [7, 11) is 0. The molecule has 0 aliphatic rings. The van der Waals surface area contributed by atoms with E-state index in [1.807, 2.05) is 13.0 Å². The van der Waals surface area contributed by atoms with Crippen molar-refractivity contribution in [2.24, 2.45) is 0 Å². The zero-order chi connectivity index (χ0) is 13.4. The van der Waals surface area contributed by atoms with E-state index in [2.05, 4.69) is 5.32 Å². The molecular weight excluding hydrogens is 233 g/mol. The Morgan fingerprint density at radius 2 is 2.22 bits per heavy atom. The van der Waals surface area contributed by atoms with Gasteiger partial charge in [-0.1, -0.05) is 18.2 Å². The van der Waals surface area contributed by atoms with Crippen LogP contribution in [0.25, 0.3) is 0 Å². The molecule has 0 unspecified atom stereocenters. The molecule has 0 fully saturated rings. The number of nitriles is 1. The third-order valence-corrected chi connectivity index (χ3v) is 2.55. The number of rotatable bonds is 5. The maximum Gasteiger partial charge on any atom is 0.317 e. The minimum absolute atomic E-state index is 0.147. The summed E-state index contributed by atoms with van der Waals surface area (Å²) < 4.78 is 13.3. The highest BCUT2D eigenvalue weighted by molar-refractivity contribution is 5.74. The van der Waals surface area contributed by atoms with Crippen molar-refractivity contribution in [3.05, 3.63) is 35.6 Å². The summed E-state index contributed by atoms with van der Waals surface area (Å²) in [5.74, 6) is -0.335. The quantitative estimate of drug-likeness (QED) is 0.870. The fourth-order valence-corrected chi connectivity index (χ4v) is 1.51. The predicted octanol–water partition coefficient (Wildman–Crippen LogP) is 2.27. The maximum absolute atomic E-state index is 13.3. The second kappa shape index (κ2) is 7.28. The van der Waals surface area contributed by atoms with E-state index in [-0.39, 0.29) is 18.4 Å². The van der Waals surface area contributed by atoms with Gasteiger partial charge < -0.3 is 10.2 Å². The fraction of sp³-hybridized carbons (Fsp3) is 0.385. The minimum atomic E-state index is -0.335. The Hall–Kier alpha value is -2.09. The summed E-state index contributed by atoms with van der Waals surface area (Å²) in [4.78, 5) is 13.3. The molecule has 0 bridgehead atoms. The van der Waals surface area contributed by atoms with Crippen LogP contribution in [0.3, 0.4) is 0 Å². The van der Waals surface area contributed by atoms with E-state index in [4.69, 9.17) is 5.26 Å². The van der Waals surface area contributed by atoms with Gasteiger partial charge in [0.1, 0.15) is 5.82 Å². The van der Waals surface area contributed by atoms with Gasteiger partial charge in [0, 0.05) is 25.2 Å². The number of urea groups is 1. The van der Waals surface area contributed by atoms with Gasteiger partial charge in [-0.05, 0) is 13.0 Å². The van der Waals surface area contributed by atoms with E-state index in [0.29, 0.717) is 25.1 Å². The van der Waals surface area contributed by atoms with Crippen LogP contribution in [0.5, 0.6) is 0 Å².